The normalized spacial score (nSPS) is 14.2. The number of aromatic hydroxyl groups is 1. The fraction of sp³-hybridized carbons (Fsp3) is 0.250. The molecule has 1 aromatic carbocycles. The maximum absolute atomic E-state index is 12.4. The average molecular weight is 348 g/mol. The molecule has 0 spiro atoms. The highest BCUT2D eigenvalue weighted by Gasteiger charge is 2.22. The lowest BCUT2D eigenvalue weighted by molar-refractivity contribution is 0.237. The number of hydrogen-bond acceptors (Lipinski definition) is 5. The number of benzene rings is 1. The largest absolute Gasteiger partial charge is 0.508 e. The number of hydrogen-bond donors (Lipinski definition) is 2. The molecule has 2 aromatic heterocycles. The van der Waals surface area contributed by atoms with Crippen LogP contribution in [0.25, 0.3) is 11.4 Å². The van der Waals surface area contributed by atoms with Crippen LogP contribution in [0.3, 0.4) is 0 Å². The van der Waals surface area contributed by atoms with Crippen molar-refractivity contribution in [2.75, 3.05) is 6.54 Å². The number of fused-ring (bicyclic) bond motifs is 1. The van der Waals surface area contributed by atoms with Gasteiger partial charge in [-0.1, -0.05) is 17.7 Å². The van der Waals surface area contributed by atoms with Crippen LogP contribution in [-0.4, -0.2) is 31.5 Å². The van der Waals surface area contributed by atoms with Crippen LogP contribution in [-0.2, 0) is 19.5 Å². The van der Waals surface area contributed by atoms with Gasteiger partial charge in [0.25, 0.3) is 5.56 Å². The van der Waals surface area contributed by atoms with E-state index in [0.29, 0.717) is 31.1 Å². The second-order valence-electron chi connectivity index (χ2n) is 6.67. The summed E-state index contributed by atoms with van der Waals surface area (Å²) in [5.74, 6) is 0.846. The molecule has 3 aromatic rings. The molecule has 0 aliphatic carbocycles. The van der Waals surface area contributed by atoms with Gasteiger partial charge in [-0.3, -0.25) is 14.7 Å². The number of pyridine rings is 1. The molecule has 6 nitrogen and oxygen atoms in total. The van der Waals surface area contributed by atoms with Crippen LogP contribution >= 0.6 is 0 Å². The second-order valence-corrected chi connectivity index (χ2v) is 6.67. The molecule has 3 heterocycles. The highest BCUT2D eigenvalue weighted by atomic mass is 16.3. The number of H-pyrrole nitrogens is 1. The fourth-order valence-corrected chi connectivity index (χ4v) is 3.35. The SMILES string of the molecule is Cc1ccc(O)c(CN2CCc3c(nc(-c4cccnc4)[nH]c3=O)C2)c1. The zero-order chi connectivity index (χ0) is 18.1. The first kappa shape index (κ1) is 16.5. The summed E-state index contributed by atoms with van der Waals surface area (Å²) in [7, 11) is 0. The molecule has 132 valence electrons. The number of nitrogens with zero attached hydrogens (tertiary/aromatic N) is 3. The topological polar surface area (TPSA) is 82.1 Å². The van der Waals surface area contributed by atoms with E-state index in [0.717, 1.165) is 34.5 Å². The van der Waals surface area contributed by atoms with Gasteiger partial charge in [-0.05, 0) is 31.5 Å². The minimum absolute atomic E-state index is 0.0769. The molecule has 0 unspecified atom stereocenters. The van der Waals surface area contributed by atoms with Gasteiger partial charge < -0.3 is 10.1 Å². The highest BCUT2D eigenvalue weighted by molar-refractivity contribution is 5.53. The van der Waals surface area contributed by atoms with Crippen molar-refractivity contribution in [1.82, 2.24) is 19.9 Å². The Labute approximate surface area is 151 Å². The Kier molecular flexibility index (Phi) is 4.26. The van der Waals surface area contributed by atoms with Crippen molar-refractivity contribution in [3.8, 4) is 17.1 Å². The minimum atomic E-state index is -0.0769. The van der Waals surface area contributed by atoms with Crippen molar-refractivity contribution in [2.24, 2.45) is 0 Å². The Bertz CT molecular complexity index is 998. The monoisotopic (exact) mass is 348 g/mol. The Morgan fingerprint density at radius 1 is 1.31 bits per heavy atom. The van der Waals surface area contributed by atoms with E-state index in [-0.39, 0.29) is 5.56 Å². The zero-order valence-electron chi connectivity index (χ0n) is 14.6. The molecular formula is C20H20N4O2. The minimum Gasteiger partial charge on any atom is -0.508 e. The smallest absolute Gasteiger partial charge is 0.254 e. The van der Waals surface area contributed by atoms with E-state index < -0.39 is 0 Å². The lowest BCUT2D eigenvalue weighted by atomic mass is 10.0. The Morgan fingerprint density at radius 3 is 3.00 bits per heavy atom. The van der Waals surface area contributed by atoms with E-state index >= 15 is 0 Å². The van der Waals surface area contributed by atoms with E-state index in [1.807, 2.05) is 31.2 Å². The van der Waals surface area contributed by atoms with Gasteiger partial charge in [0.1, 0.15) is 11.6 Å². The van der Waals surface area contributed by atoms with Crippen molar-refractivity contribution < 1.29 is 5.11 Å². The molecule has 2 N–H and O–H groups in total. The van der Waals surface area contributed by atoms with E-state index in [2.05, 4.69) is 19.9 Å². The Hall–Kier alpha value is -2.99. The lowest BCUT2D eigenvalue weighted by Crippen LogP contribution is -2.35. The van der Waals surface area contributed by atoms with E-state index in [1.165, 1.54) is 0 Å². The zero-order valence-corrected chi connectivity index (χ0v) is 14.6. The Morgan fingerprint density at radius 2 is 2.19 bits per heavy atom. The van der Waals surface area contributed by atoms with Crippen LogP contribution in [0, 0.1) is 6.92 Å². The first-order chi connectivity index (χ1) is 12.6. The van der Waals surface area contributed by atoms with Crippen molar-refractivity contribution >= 4 is 0 Å². The molecule has 0 atom stereocenters. The summed E-state index contributed by atoms with van der Waals surface area (Å²) in [6.45, 7) is 3.98. The maximum Gasteiger partial charge on any atom is 0.254 e. The fourth-order valence-electron chi connectivity index (χ4n) is 3.35. The lowest BCUT2D eigenvalue weighted by Gasteiger charge is -2.28. The van der Waals surface area contributed by atoms with Gasteiger partial charge >= 0.3 is 0 Å². The molecule has 0 amide bonds. The molecule has 6 heteroatoms. The van der Waals surface area contributed by atoms with Crippen molar-refractivity contribution in [1.29, 1.82) is 0 Å². The first-order valence-electron chi connectivity index (χ1n) is 8.63. The van der Waals surface area contributed by atoms with Crippen LogP contribution in [0.4, 0.5) is 0 Å². The van der Waals surface area contributed by atoms with Gasteiger partial charge in [-0.15, -0.1) is 0 Å². The number of nitrogens with one attached hydrogen (secondary N) is 1. The van der Waals surface area contributed by atoms with Gasteiger partial charge in [0.15, 0.2) is 0 Å². The number of aromatic nitrogens is 3. The van der Waals surface area contributed by atoms with Crippen LogP contribution in [0.2, 0.25) is 0 Å². The predicted octanol–water partition coefficient (Wildman–Crippen LogP) is 2.40. The molecule has 0 fully saturated rings. The van der Waals surface area contributed by atoms with Gasteiger partial charge in [-0.2, -0.15) is 0 Å². The van der Waals surface area contributed by atoms with Crippen LogP contribution in [0.1, 0.15) is 22.4 Å². The molecule has 0 saturated heterocycles. The number of rotatable bonds is 3. The quantitative estimate of drug-likeness (QED) is 0.759. The maximum atomic E-state index is 12.4. The second kappa shape index (κ2) is 6.72. The third-order valence-electron chi connectivity index (χ3n) is 4.72. The van der Waals surface area contributed by atoms with Crippen molar-refractivity contribution in [3.05, 3.63) is 75.5 Å². The summed E-state index contributed by atoms with van der Waals surface area (Å²) in [4.78, 5) is 26.3. The van der Waals surface area contributed by atoms with Gasteiger partial charge in [0.05, 0.1) is 5.69 Å². The highest BCUT2D eigenvalue weighted by Crippen LogP contribution is 2.24. The van der Waals surface area contributed by atoms with Gasteiger partial charge in [0, 0.05) is 48.7 Å². The number of phenols is 1. The van der Waals surface area contributed by atoms with Crippen LogP contribution in [0.5, 0.6) is 5.75 Å². The summed E-state index contributed by atoms with van der Waals surface area (Å²) in [5, 5.41) is 10.1. The number of aromatic amines is 1. The molecule has 0 radical (unpaired) electrons. The van der Waals surface area contributed by atoms with Crippen molar-refractivity contribution in [3.63, 3.8) is 0 Å². The summed E-state index contributed by atoms with van der Waals surface area (Å²) in [5.41, 5.74) is 4.27. The molecule has 1 aliphatic rings. The molecule has 4 rings (SSSR count). The molecular weight excluding hydrogens is 328 g/mol. The molecule has 0 bridgehead atoms. The standard InChI is InChI=1S/C20H20N4O2/c1-13-4-5-18(25)15(9-13)11-24-8-6-16-17(12-24)22-19(23-20(16)26)14-3-2-7-21-10-14/h2-5,7,9-10,25H,6,8,11-12H2,1H3,(H,22,23,26). The molecule has 0 saturated carbocycles. The average Bonchev–Trinajstić information content (AvgIpc) is 2.65. The van der Waals surface area contributed by atoms with E-state index in [9.17, 15) is 9.90 Å². The third kappa shape index (κ3) is 3.23. The van der Waals surface area contributed by atoms with Gasteiger partial charge in [0.2, 0.25) is 0 Å². The summed E-state index contributed by atoms with van der Waals surface area (Å²) in [6, 6.07) is 9.32. The van der Waals surface area contributed by atoms with Crippen LogP contribution < -0.4 is 5.56 Å². The summed E-state index contributed by atoms with van der Waals surface area (Å²) in [6.07, 6.45) is 4.03. The van der Waals surface area contributed by atoms with Crippen LogP contribution in [0.15, 0.2) is 47.5 Å². The summed E-state index contributed by atoms with van der Waals surface area (Å²) < 4.78 is 0. The van der Waals surface area contributed by atoms with E-state index in [1.54, 1.807) is 18.5 Å². The Balaban J connectivity index is 1.62. The number of aryl methyl sites for hydroxylation is 1. The van der Waals surface area contributed by atoms with E-state index in [4.69, 9.17) is 0 Å². The first-order valence-corrected chi connectivity index (χ1v) is 8.63. The predicted molar refractivity (Wildman–Crippen MR) is 98.8 cm³/mol. The number of phenolic OH excluding ortho intramolecular Hbond substituents is 1. The van der Waals surface area contributed by atoms with Gasteiger partial charge in [-0.25, -0.2) is 4.98 Å². The summed E-state index contributed by atoms with van der Waals surface area (Å²) >= 11 is 0. The van der Waals surface area contributed by atoms with Crippen molar-refractivity contribution in [2.45, 2.75) is 26.4 Å². The molecule has 1 aliphatic heterocycles. The third-order valence-corrected chi connectivity index (χ3v) is 4.72. The molecule has 26 heavy (non-hydrogen) atoms.